The Bertz CT molecular complexity index is 874. The van der Waals surface area contributed by atoms with Crippen molar-refractivity contribution in [1.82, 2.24) is 20.3 Å². The highest BCUT2D eigenvalue weighted by Gasteiger charge is 2.29. The Labute approximate surface area is 145 Å². The van der Waals surface area contributed by atoms with Crippen LogP contribution < -0.4 is 5.32 Å². The maximum absolute atomic E-state index is 12.4. The third kappa shape index (κ3) is 3.22. The number of rotatable bonds is 6. The lowest BCUT2D eigenvalue weighted by molar-refractivity contribution is 0.0938. The minimum absolute atomic E-state index is 0.220. The summed E-state index contributed by atoms with van der Waals surface area (Å²) in [5.74, 6) is 1.71. The number of nitrogens with zero attached hydrogens (tertiary/aromatic N) is 3. The SMILES string of the molecule is Cc1cc(C)n([C@@H](CNC(=O)c2cc(C3CC3)on2)c2ccco2)n1. The van der Waals surface area contributed by atoms with Gasteiger partial charge in [0, 0.05) is 24.2 Å². The van der Waals surface area contributed by atoms with E-state index in [-0.39, 0.29) is 11.9 Å². The van der Waals surface area contributed by atoms with E-state index in [2.05, 4.69) is 15.6 Å². The van der Waals surface area contributed by atoms with E-state index >= 15 is 0 Å². The molecule has 1 amide bonds. The van der Waals surface area contributed by atoms with E-state index in [1.165, 1.54) is 0 Å². The average Bonchev–Trinajstić information content (AvgIpc) is 3.01. The second-order valence-corrected chi connectivity index (χ2v) is 6.50. The van der Waals surface area contributed by atoms with Crippen molar-refractivity contribution in [2.75, 3.05) is 6.54 Å². The van der Waals surface area contributed by atoms with Gasteiger partial charge in [0.25, 0.3) is 5.91 Å². The van der Waals surface area contributed by atoms with Crippen LogP contribution in [-0.4, -0.2) is 27.4 Å². The summed E-state index contributed by atoms with van der Waals surface area (Å²) < 4.78 is 12.7. The number of hydrogen-bond donors (Lipinski definition) is 1. The summed E-state index contributed by atoms with van der Waals surface area (Å²) in [6.07, 6.45) is 3.83. The lowest BCUT2D eigenvalue weighted by Crippen LogP contribution is -2.32. The van der Waals surface area contributed by atoms with Crippen molar-refractivity contribution in [3.05, 3.63) is 59.1 Å². The first-order valence-electron chi connectivity index (χ1n) is 8.43. The van der Waals surface area contributed by atoms with Gasteiger partial charge < -0.3 is 14.3 Å². The number of hydrogen-bond acceptors (Lipinski definition) is 5. The van der Waals surface area contributed by atoms with Crippen LogP contribution in [0.3, 0.4) is 0 Å². The van der Waals surface area contributed by atoms with Gasteiger partial charge in [-0.3, -0.25) is 9.48 Å². The Morgan fingerprint density at radius 1 is 1.40 bits per heavy atom. The first-order chi connectivity index (χ1) is 12.1. The molecule has 1 aliphatic carbocycles. The molecule has 0 saturated heterocycles. The Kier molecular flexibility index (Phi) is 3.91. The van der Waals surface area contributed by atoms with Gasteiger partial charge in [-0.15, -0.1) is 0 Å². The zero-order valence-corrected chi connectivity index (χ0v) is 14.2. The van der Waals surface area contributed by atoms with E-state index in [0.717, 1.165) is 35.7 Å². The standard InChI is InChI=1S/C18H20N4O3/c1-11-8-12(2)22(20-11)15(16-4-3-7-24-16)10-19-18(23)14-9-17(25-21-14)13-5-6-13/h3-4,7-9,13,15H,5-6,10H2,1-2H3,(H,19,23)/t15-/m0/s1. The molecular weight excluding hydrogens is 320 g/mol. The molecule has 3 aromatic rings. The van der Waals surface area contributed by atoms with Gasteiger partial charge in [-0.2, -0.15) is 5.10 Å². The maximum Gasteiger partial charge on any atom is 0.273 e. The number of carbonyl (C=O) groups is 1. The van der Waals surface area contributed by atoms with Crippen LogP contribution >= 0.6 is 0 Å². The first kappa shape index (κ1) is 15.7. The molecule has 3 aromatic heterocycles. The lowest BCUT2D eigenvalue weighted by Gasteiger charge is -2.17. The molecule has 130 valence electrons. The number of amides is 1. The van der Waals surface area contributed by atoms with Crippen molar-refractivity contribution in [1.29, 1.82) is 0 Å². The van der Waals surface area contributed by atoms with E-state index in [0.29, 0.717) is 18.2 Å². The smallest absolute Gasteiger partial charge is 0.273 e. The van der Waals surface area contributed by atoms with Crippen molar-refractivity contribution in [3.63, 3.8) is 0 Å². The zero-order chi connectivity index (χ0) is 17.4. The van der Waals surface area contributed by atoms with Gasteiger partial charge in [0.1, 0.15) is 17.6 Å². The molecule has 25 heavy (non-hydrogen) atoms. The summed E-state index contributed by atoms with van der Waals surface area (Å²) in [4.78, 5) is 12.4. The lowest BCUT2D eigenvalue weighted by atomic mass is 10.2. The fraction of sp³-hybridized carbons (Fsp3) is 0.389. The van der Waals surface area contributed by atoms with Crippen molar-refractivity contribution in [3.8, 4) is 0 Å². The molecule has 1 aliphatic rings. The molecule has 3 heterocycles. The average molecular weight is 340 g/mol. The van der Waals surface area contributed by atoms with Gasteiger partial charge >= 0.3 is 0 Å². The second kappa shape index (κ2) is 6.23. The molecule has 7 nitrogen and oxygen atoms in total. The molecular formula is C18H20N4O3. The van der Waals surface area contributed by atoms with Crippen LogP contribution in [0.2, 0.25) is 0 Å². The third-order valence-electron chi connectivity index (χ3n) is 4.41. The van der Waals surface area contributed by atoms with Crippen LogP contribution in [0.25, 0.3) is 0 Å². The summed E-state index contributed by atoms with van der Waals surface area (Å²) in [6, 6.07) is 7.22. The number of aromatic nitrogens is 3. The predicted molar refractivity (Wildman–Crippen MR) is 89.4 cm³/mol. The van der Waals surface area contributed by atoms with Crippen molar-refractivity contribution >= 4 is 5.91 Å². The molecule has 0 spiro atoms. The highest BCUT2D eigenvalue weighted by atomic mass is 16.5. The number of aryl methyl sites for hydroxylation is 2. The van der Waals surface area contributed by atoms with Gasteiger partial charge in [-0.25, -0.2) is 0 Å². The van der Waals surface area contributed by atoms with Crippen molar-refractivity contribution in [2.24, 2.45) is 0 Å². The number of carbonyl (C=O) groups excluding carboxylic acids is 1. The summed E-state index contributed by atoms with van der Waals surface area (Å²) in [6.45, 7) is 4.27. The molecule has 0 aliphatic heterocycles. The highest BCUT2D eigenvalue weighted by molar-refractivity contribution is 5.92. The quantitative estimate of drug-likeness (QED) is 0.745. The van der Waals surface area contributed by atoms with E-state index in [9.17, 15) is 4.79 Å². The van der Waals surface area contributed by atoms with Crippen LogP contribution in [0, 0.1) is 13.8 Å². The first-order valence-corrected chi connectivity index (χ1v) is 8.43. The third-order valence-corrected chi connectivity index (χ3v) is 4.41. The maximum atomic E-state index is 12.4. The fourth-order valence-electron chi connectivity index (χ4n) is 2.99. The van der Waals surface area contributed by atoms with E-state index in [1.54, 1.807) is 12.3 Å². The molecule has 0 bridgehead atoms. The van der Waals surface area contributed by atoms with Gasteiger partial charge in [-0.1, -0.05) is 5.16 Å². The van der Waals surface area contributed by atoms with Crippen LogP contribution in [0.1, 0.15) is 58.2 Å². The van der Waals surface area contributed by atoms with Gasteiger partial charge in [-0.05, 0) is 44.9 Å². The normalized spacial score (nSPS) is 15.3. The molecule has 1 atom stereocenters. The fourth-order valence-corrected chi connectivity index (χ4v) is 2.99. The van der Waals surface area contributed by atoms with E-state index < -0.39 is 0 Å². The Morgan fingerprint density at radius 3 is 2.88 bits per heavy atom. The molecule has 0 radical (unpaired) electrons. The largest absolute Gasteiger partial charge is 0.467 e. The van der Waals surface area contributed by atoms with Gasteiger partial charge in [0.05, 0.1) is 12.0 Å². The van der Waals surface area contributed by atoms with Crippen molar-refractivity contribution in [2.45, 2.75) is 38.6 Å². The summed E-state index contributed by atoms with van der Waals surface area (Å²) >= 11 is 0. The van der Waals surface area contributed by atoms with E-state index in [1.807, 2.05) is 36.7 Å². The topological polar surface area (TPSA) is 86.1 Å². The van der Waals surface area contributed by atoms with Crippen LogP contribution in [-0.2, 0) is 0 Å². The Hall–Kier alpha value is -2.83. The predicted octanol–water partition coefficient (Wildman–Crippen LogP) is 2.98. The molecule has 4 rings (SSSR count). The number of nitrogens with one attached hydrogen (secondary N) is 1. The van der Waals surface area contributed by atoms with Crippen LogP contribution in [0.4, 0.5) is 0 Å². The molecule has 1 fully saturated rings. The Balaban J connectivity index is 1.50. The zero-order valence-electron chi connectivity index (χ0n) is 14.2. The molecule has 0 aromatic carbocycles. The molecule has 0 unspecified atom stereocenters. The summed E-state index contributed by atoms with van der Waals surface area (Å²) in [7, 11) is 0. The Morgan fingerprint density at radius 2 is 2.24 bits per heavy atom. The molecule has 1 N–H and O–H groups in total. The van der Waals surface area contributed by atoms with Gasteiger partial charge in [0.2, 0.25) is 0 Å². The van der Waals surface area contributed by atoms with Gasteiger partial charge in [0.15, 0.2) is 5.69 Å². The molecule has 7 heteroatoms. The monoisotopic (exact) mass is 340 g/mol. The molecule has 1 saturated carbocycles. The summed E-state index contributed by atoms with van der Waals surface area (Å²) in [5.41, 5.74) is 2.24. The van der Waals surface area contributed by atoms with Crippen LogP contribution in [0.15, 0.2) is 39.5 Å². The van der Waals surface area contributed by atoms with Crippen molar-refractivity contribution < 1.29 is 13.7 Å². The van der Waals surface area contributed by atoms with Crippen LogP contribution in [0.5, 0.6) is 0 Å². The van der Waals surface area contributed by atoms with E-state index in [4.69, 9.17) is 8.94 Å². The number of furan rings is 1. The highest BCUT2D eigenvalue weighted by Crippen LogP contribution is 2.40. The minimum atomic E-state index is -0.256. The second-order valence-electron chi connectivity index (χ2n) is 6.50. The minimum Gasteiger partial charge on any atom is -0.467 e. The summed E-state index contributed by atoms with van der Waals surface area (Å²) in [5, 5.41) is 11.3.